The molecule has 1 aliphatic rings. The largest absolute Gasteiger partial charge is 0.330 e. The quantitative estimate of drug-likeness (QED) is 0.892. The molecule has 0 saturated heterocycles. The summed E-state index contributed by atoms with van der Waals surface area (Å²) in [5.74, 6) is 0.133. The van der Waals surface area contributed by atoms with Gasteiger partial charge in [0, 0.05) is 29.7 Å². The lowest BCUT2D eigenvalue weighted by molar-refractivity contribution is -0.118. The van der Waals surface area contributed by atoms with Crippen molar-refractivity contribution in [1.82, 2.24) is 0 Å². The molecule has 0 spiro atoms. The Kier molecular flexibility index (Phi) is 3.97. The summed E-state index contributed by atoms with van der Waals surface area (Å²) in [7, 11) is 0. The van der Waals surface area contributed by atoms with Crippen LogP contribution in [0.25, 0.3) is 0 Å². The van der Waals surface area contributed by atoms with Crippen LogP contribution in [-0.2, 0) is 4.79 Å². The number of amides is 1. The average Bonchev–Trinajstić information content (AvgIpc) is 2.30. The zero-order valence-electron chi connectivity index (χ0n) is 11.2. The summed E-state index contributed by atoms with van der Waals surface area (Å²) in [6, 6.07) is 4.31. The number of carbonyl (C=O) groups is 1. The van der Waals surface area contributed by atoms with Crippen LogP contribution in [0.1, 0.15) is 24.5 Å². The minimum atomic E-state index is 0.133. The number of hydrogen-bond acceptors (Lipinski definition) is 3. The molecule has 3 nitrogen and oxygen atoms in total. The molecule has 98 valence electrons. The number of benzene rings is 1. The van der Waals surface area contributed by atoms with E-state index in [9.17, 15) is 4.79 Å². The van der Waals surface area contributed by atoms with Gasteiger partial charge in [-0.3, -0.25) is 4.79 Å². The number of anilines is 1. The second-order valence-electron chi connectivity index (χ2n) is 4.88. The maximum atomic E-state index is 12.1. The summed E-state index contributed by atoms with van der Waals surface area (Å²) in [6.07, 6.45) is 0.420. The fraction of sp³-hybridized carbons (Fsp3) is 0.500. The van der Waals surface area contributed by atoms with Crippen molar-refractivity contribution < 1.29 is 4.79 Å². The molecule has 1 amide bonds. The van der Waals surface area contributed by atoms with E-state index in [0.29, 0.717) is 18.2 Å². The van der Waals surface area contributed by atoms with Crippen molar-refractivity contribution in [2.24, 2.45) is 5.73 Å². The number of carbonyl (C=O) groups excluding carboxylic acids is 1. The van der Waals surface area contributed by atoms with E-state index in [0.717, 1.165) is 12.2 Å². The molecule has 1 atom stereocenters. The van der Waals surface area contributed by atoms with Crippen molar-refractivity contribution in [2.45, 2.75) is 37.3 Å². The molecule has 0 saturated carbocycles. The van der Waals surface area contributed by atoms with E-state index in [1.165, 1.54) is 16.0 Å². The van der Waals surface area contributed by atoms with E-state index in [4.69, 9.17) is 5.73 Å². The third kappa shape index (κ3) is 2.54. The topological polar surface area (TPSA) is 46.3 Å². The molecule has 4 heteroatoms. The molecule has 1 aliphatic heterocycles. The van der Waals surface area contributed by atoms with Gasteiger partial charge in [0.2, 0.25) is 5.91 Å². The summed E-state index contributed by atoms with van der Waals surface area (Å²) in [4.78, 5) is 15.2. The van der Waals surface area contributed by atoms with Gasteiger partial charge in [-0.2, -0.15) is 0 Å². The maximum absolute atomic E-state index is 12.1. The van der Waals surface area contributed by atoms with Gasteiger partial charge in [-0.1, -0.05) is 6.92 Å². The first-order chi connectivity index (χ1) is 8.52. The van der Waals surface area contributed by atoms with Crippen LogP contribution in [0, 0.1) is 13.8 Å². The zero-order valence-corrected chi connectivity index (χ0v) is 12.0. The molecule has 1 aromatic carbocycles. The molecule has 0 fully saturated rings. The Morgan fingerprint density at radius 2 is 2.11 bits per heavy atom. The van der Waals surface area contributed by atoms with Gasteiger partial charge in [0.15, 0.2) is 0 Å². The third-order valence-electron chi connectivity index (χ3n) is 3.29. The van der Waals surface area contributed by atoms with Crippen LogP contribution < -0.4 is 10.6 Å². The van der Waals surface area contributed by atoms with Crippen LogP contribution >= 0.6 is 11.8 Å². The van der Waals surface area contributed by atoms with Crippen molar-refractivity contribution >= 4 is 23.4 Å². The first kappa shape index (κ1) is 13.4. The van der Waals surface area contributed by atoms with Gasteiger partial charge >= 0.3 is 0 Å². The van der Waals surface area contributed by atoms with Gasteiger partial charge in [-0.05, 0) is 37.1 Å². The zero-order chi connectivity index (χ0) is 13.3. The summed E-state index contributed by atoms with van der Waals surface area (Å²) in [5.41, 5.74) is 9.06. The molecule has 0 bridgehead atoms. The lowest BCUT2D eigenvalue weighted by Crippen LogP contribution is -2.39. The van der Waals surface area contributed by atoms with Crippen LogP contribution in [-0.4, -0.2) is 24.2 Å². The highest BCUT2D eigenvalue weighted by atomic mass is 32.2. The lowest BCUT2D eigenvalue weighted by Gasteiger charge is -2.33. The SMILES string of the molecule is Cc1cc2c(cc1C)N(C(=O)CCN)CC(C)S2. The summed E-state index contributed by atoms with van der Waals surface area (Å²) in [6.45, 7) is 7.55. The normalized spacial score (nSPS) is 18.7. The van der Waals surface area contributed by atoms with Crippen molar-refractivity contribution in [2.75, 3.05) is 18.0 Å². The van der Waals surface area contributed by atoms with E-state index in [-0.39, 0.29) is 5.91 Å². The monoisotopic (exact) mass is 264 g/mol. The smallest absolute Gasteiger partial charge is 0.228 e. The maximum Gasteiger partial charge on any atom is 0.228 e. The number of rotatable bonds is 2. The van der Waals surface area contributed by atoms with Crippen LogP contribution in [0.2, 0.25) is 0 Å². The fourth-order valence-corrected chi connectivity index (χ4v) is 3.38. The van der Waals surface area contributed by atoms with E-state index in [1.807, 2.05) is 16.7 Å². The average molecular weight is 264 g/mol. The first-order valence-electron chi connectivity index (χ1n) is 6.31. The van der Waals surface area contributed by atoms with Gasteiger partial charge < -0.3 is 10.6 Å². The molecule has 2 rings (SSSR count). The predicted octanol–water partition coefficient (Wildman–Crippen LogP) is 2.48. The molecule has 0 radical (unpaired) electrons. The Hall–Kier alpha value is -1.000. The number of nitrogens with two attached hydrogens (primary N) is 1. The van der Waals surface area contributed by atoms with Crippen molar-refractivity contribution in [3.63, 3.8) is 0 Å². The number of thioether (sulfide) groups is 1. The highest BCUT2D eigenvalue weighted by Gasteiger charge is 2.26. The van der Waals surface area contributed by atoms with Gasteiger partial charge in [0.05, 0.1) is 5.69 Å². The third-order valence-corrected chi connectivity index (χ3v) is 4.43. The molecule has 0 aromatic heterocycles. The highest BCUT2D eigenvalue weighted by molar-refractivity contribution is 8.00. The Balaban J connectivity index is 2.41. The standard InChI is InChI=1S/C14H20N2OS/c1-9-6-12-13(7-10(9)2)18-11(3)8-16(12)14(17)4-5-15/h6-7,11H,4-5,8,15H2,1-3H3. The van der Waals surface area contributed by atoms with Crippen LogP contribution in [0.3, 0.4) is 0 Å². The summed E-state index contributed by atoms with van der Waals surface area (Å²) >= 11 is 1.85. The number of fused-ring (bicyclic) bond motifs is 1. The van der Waals surface area contributed by atoms with Gasteiger partial charge in [0.1, 0.15) is 0 Å². The fourth-order valence-electron chi connectivity index (χ4n) is 2.18. The van der Waals surface area contributed by atoms with Gasteiger partial charge in [-0.15, -0.1) is 11.8 Å². The molecule has 18 heavy (non-hydrogen) atoms. The minimum Gasteiger partial charge on any atom is -0.330 e. The molecule has 1 aromatic rings. The van der Waals surface area contributed by atoms with E-state index in [2.05, 4.69) is 32.9 Å². The van der Waals surface area contributed by atoms with Gasteiger partial charge in [0.25, 0.3) is 0 Å². The Morgan fingerprint density at radius 3 is 2.78 bits per heavy atom. The van der Waals surface area contributed by atoms with Crippen LogP contribution in [0.5, 0.6) is 0 Å². The van der Waals surface area contributed by atoms with Gasteiger partial charge in [-0.25, -0.2) is 0 Å². The summed E-state index contributed by atoms with van der Waals surface area (Å²) < 4.78 is 0. The Morgan fingerprint density at radius 1 is 1.44 bits per heavy atom. The first-order valence-corrected chi connectivity index (χ1v) is 7.19. The summed E-state index contributed by atoms with van der Waals surface area (Å²) in [5, 5.41) is 0.432. The minimum absolute atomic E-state index is 0.133. The van der Waals surface area contributed by atoms with E-state index < -0.39 is 0 Å². The lowest BCUT2D eigenvalue weighted by atomic mass is 10.1. The van der Waals surface area contributed by atoms with Crippen LogP contribution in [0.15, 0.2) is 17.0 Å². The highest BCUT2D eigenvalue weighted by Crippen LogP contribution is 2.40. The Labute approximate surface area is 113 Å². The molecular formula is C14H20N2OS. The number of nitrogens with zero attached hydrogens (tertiary/aromatic N) is 1. The van der Waals surface area contributed by atoms with E-state index in [1.54, 1.807) is 0 Å². The molecule has 1 heterocycles. The molecule has 1 unspecified atom stereocenters. The number of hydrogen-bond donors (Lipinski definition) is 1. The van der Waals surface area contributed by atoms with E-state index >= 15 is 0 Å². The molecule has 0 aliphatic carbocycles. The van der Waals surface area contributed by atoms with Crippen molar-refractivity contribution in [1.29, 1.82) is 0 Å². The number of aryl methyl sites for hydroxylation is 2. The van der Waals surface area contributed by atoms with Crippen LogP contribution in [0.4, 0.5) is 5.69 Å². The predicted molar refractivity (Wildman–Crippen MR) is 77.3 cm³/mol. The van der Waals surface area contributed by atoms with Crippen molar-refractivity contribution in [3.8, 4) is 0 Å². The van der Waals surface area contributed by atoms with Crippen molar-refractivity contribution in [3.05, 3.63) is 23.3 Å². The second kappa shape index (κ2) is 5.33. The second-order valence-corrected chi connectivity index (χ2v) is 6.36. The molecule has 2 N–H and O–H groups in total. The Bertz CT molecular complexity index is 473. The molecular weight excluding hydrogens is 244 g/mol.